The molecule has 1 atom stereocenters. The molecule has 180 valence electrons. The van der Waals surface area contributed by atoms with Gasteiger partial charge in [-0.15, -0.1) is 0 Å². The van der Waals surface area contributed by atoms with Gasteiger partial charge >= 0.3 is 0 Å². The van der Waals surface area contributed by atoms with Crippen LogP contribution in [0.5, 0.6) is 11.5 Å². The van der Waals surface area contributed by atoms with E-state index in [2.05, 4.69) is 20.8 Å². The number of imide groups is 1. The zero-order valence-corrected chi connectivity index (χ0v) is 20.7. The first-order chi connectivity index (χ1) is 16.1. The molecule has 0 aromatic heterocycles. The van der Waals surface area contributed by atoms with Crippen LogP contribution in [-0.4, -0.2) is 37.0 Å². The lowest BCUT2D eigenvalue weighted by Crippen LogP contribution is -2.43. The molecule has 5 nitrogen and oxygen atoms in total. The molecular weight excluding hydrogens is 414 g/mol. The summed E-state index contributed by atoms with van der Waals surface area (Å²) in [5.74, 6) is 1.19. The summed E-state index contributed by atoms with van der Waals surface area (Å²) in [7, 11) is 1.61. The van der Waals surface area contributed by atoms with Crippen molar-refractivity contribution in [3.05, 3.63) is 35.4 Å². The van der Waals surface area contributed by atoms with E-state index >= 15 is 0 Å². The molecule has 2 aromatic carbocycles. The lowest BCUT2D eigenvalue weighted by molar-refractivity contribution is 0.0580. The van der Waals surface area contributed by atoms with E-state index in [4.69, 9.17) is 9.47 Å². The van der Waals surface area contributed by atoms with Crippen LogP contribution in [0.4, 0.5) is 0 Å². The second-order valence-corrected chi connectivity index (χ2v) is 9.08. The number of methoxy groups -OCH3 is 1. The number of hydrogen-bond acceptors (Lipinski definition) is 4. The molecule has 1 aliphatic rings. The Morgan fingerprint density at radius 2 is 1.42 bits per heavy atom. The summed E-state index contributed by atoms with van der Waals surface area (Å²) in [6, 6.07) is 7.27. The van der Waals surface area contributed by atoms with Crippen LogP contribution in [0, 0.1) is 5.92 Å². The van der Waals surface area contributed by atoms with Crippen molar-refractivity contribution >= 4 is 22.6 Å². The van der Waals surface area contributed by atoms with Crippen LogP contribution in [0.3, 0.4) is 0 Å². The van der Waals surface area contributed by atoms with Crippen LogP contribution in [0.2, 0.25) is 0 Å². The summed E-state index contributed by atoms with van der Waals surface area (Å²) >= 11 is 0. The van der Waals surface area contributed by atoms with E-state index in [1.54, 1.807) is 13.2 Å². The summed E-state index contributed by atoms with van der Waals surface area (Å²) in [6.07, 6.45) is 9.98. The Morgan fingerprint density at radius 3 is 2.03 bits per heavy atom. The minimum Gasteiger partial charge on any atom is -0.496 e. The number of rotatable bonds is 14. The number of ether oxygens (including phenoxy) is 2. The SMILES string of the molecule is CCCCCCCOc1ccc2c3c(ccc(OC)c13)C(=O)N(CC(CC)CCCC)C2=O. The van der Waals surface area contributed by atoms with Crippen molar-refractivity contribution in [1.29, 1.82) is 0 Å². The van der Waals surface area contributed by atoms with Gasteiger partial charge in [-0.25, -0.2) is 0 Å². The molecule has 0 aliphatic carbocycles. The van der Waals surface area contributed by atoms with Crippen molar-refractivity contribution in [1.82, 2.24) is 4.90 Å². The van der Waals surface area contributed by atoms with Crippen molar-refractivity contribution in [3.63, 3.8) is 0 Å². The number of benzene rings is 2. The van der Waals surface area contributed by atoms with E-state index in [0.29, 0.717) is 47.1 Å². The Morgan fingerprint density at radius 1 is 0.788 bits per heavy atom. The zero-order valence-electron chi connectivity index (χ0n) is 20.7. The van der Waals surface area contributed by atoms with E-state index in [1.807, 2.05) is 18.2 Å². The quantitative estimate of drug-likeness (QED) is 0.228. The summed E-state index contributed by atoms with van der Waals surface area (Å²) in [6.45, 7) is 7.57. The first-order valence-corrected chi connectivity index (χ1v) is 12.7. The van der Waals surface area contributed by atoms with Gasteiger partial charge in [-0.1, -0.05) is 65.7 Å². The van der Waals surface area contributed by atoms with Crippen LogP contribution < -0.4 is 9.47 Å². The molecule has 0 bridgehead atoms. The lowest BCUT2D eigenvalue weighted by atomic mass is 9.91. The standard InChI is InChI=1S/C28H39NO4/c1-5-8-10-11-12-18-33-24-17-15-22-25-21(14-16-23(32-4)26(24)25)27(30)29(28(22)31)19-20(7-3)13-9-6-2/h14-17,20H,5-13,18-19H2,1-4H3. The van der Waals surface area contributed by atoms with Crippen molar-refractivity contribution in [2.45, 2.75) is 78.6 Å². The average Bonchev–Trinajstić information content (AvgIpc) is 2.84. The molecule has 2 amide bonds. The third-order valence-electron chi connectivity index (χ3n) is 6.74. The Labute approximate surface area is 198 Å². The lowest BCUT2D eigenvalue weighted by Gasteiger charge is -2.31. The maximum absolute atomic E-state index is 13.4. The monoisotopic (exact) mass is 453 g/mol. The number of unbranched alkanes of at least 4 members (excludes halogenated alkanes) is 5. The highest BCUT2D eigenvalue weighted by molar-refractivity contribution is 6.26. The number of hydrogen-bond donors (Lipinski definition) is 0. The van der Waals surface area contributed by atoms with Gasteiger partial charge < -0.3 is 9.47 Å². The number of nitrogens with zero attached hydrogens (tertiary/aromatic N) is 1. The highest BCUT2D eigenvalue weighted by atomic mass is 16.5. The van der Waals surface area contributed by atoms with Crippen molar-refractivity contribution in [2.24, 2.45) is 5.92 Å². The van der Waals surface area contributed by atoms with Crippen molar-refractivity contribution in [2.75, 3.05) is 20.3 Å². The van der Waals surface area contributed by atoms with E-state index in [0.717, 1.165) is 43.9 Å². The van der Waals surface area contributed by atoms with Gasteiger partial charge in [0.25, 0.3) is 11.8 Å². The fourth-order valence-electron chi connectivity index (χ4n) is 4.69. The molecule has 0 saturated heterocycles. The largest absolute Gasteiger partial charge is 0.496 e. The molecule has 1 aliphatic heterocycles. The predicted molar refractivity (Wildman–Crippen MR) is 133 cm³/mol. The van der Waals surface area contributed by atoms with Crippen LogP contribution in [0.15, 0.2) is 24.3 Å². The number of carbonyl (C=O) groups excluding carboxylic acids is 2. The minimum absolute atomic E-state index is 0.216. The fourth-order valence-corrected chi connectivity index (χ4v) is 4.69. The van der Waals surface area contributed by atoms with Gasteiger partial charge in [0, 0.05) is 23.1 Å². The second-order valence-electron chi connectivity index (χ2n) is 9.08. The van der Waals surface area contributed by atoms with Gasteiger partial charge in [0.2, 0.25) is 0 Å². The summed E-state index contributed by atoms with van der Waals surface area (Å²) < 4.78 is 11.7. The predicted octanol–water partition coefficient (Wildman–Crippen LogP) is 7.01. The van der Waals surface area contributed by atoms with Gasteiger partial charge in [0.15, 0.2) is 0 Å². The maximum Gasteiger partial charge on any atom is 0.261 e. The highest BCUT2D eigenvalue weighted by Gasteiger charge is 2.35. The molecule has 0 saturated carbocycles. The van der Waals surface area contributed by atoms with Crippen molar-refractivity contribution < 1.29 is 19.1 Å². The third-order valence-corrected chi connectivity index (χ3v) is 6.74. The van der Waals surface area contributed by atoms with Crippen LogP contribution in [0.25, 0.3) is 10.8 Å². The van der Waals surface area contributed by atoms with E-state index < -0.39 is 0 Å². The van der Waals surface area contributed by atoms with E-state index in [9.17, 15) is 9.59 Å². The maximum atomic E-state index is 13.4. The number of carbonyl (C=O) groups is 2. The first-order valence-electron chi connectivity index (χ1n) is 12.7. The van der Waals surface area contributed by atoms with Crippen LogP contribution in [0.1, 0.15) is 99.3 Å². The Balaban J connectivity index is 1.91. The van der Waals surface area contributed by atoms with Gasteiger partial charge in [0.05, 0.1) is 19.1 Å². The Hall–Kier alpha value is -2.56. The normalized spacial score (nSPS) is 14.1. The molecule has 0 fully saturated rings. The molecule has 1 unspecified atom stereocenters. The molecule has 1 heterocycles. The molecule has 0 N–H and O–H groups in total. The van der Waals surface area contributed by atoms with Gasteiger partial charge in [0.1, 0.15) is 11.5 Å². The molecule has 0 spiro atoms. The Kier molecular flexibility index (Phi) is 9.16. The zero-order chi connectivity index (χ0) is 23.8. The average molecular weight is 454 g/mol. The van der Waals surface area contributed by atoms with E-state index in [-0.39, 0.29) is 11.8 Å². The topological polar surface area (TPSA) is 55.8 Å². The van der Waals surface area contributed by atoms with Crippen LogP contribution in [-0.2, 0) is 0 Å². The summed E-state index contributed by atoms with van der Waals surface area (Å²) in [5.41, 5.74) is 1.11. The molecular formula is C28H39NO4. The second kappa shape index (κ2) is 12.1. The minimum atomic E-state index is -0.216. The van der Waals surface area contributed by atoms with Crippen molar-refractivity contribution in [3.8, 4) is 11.5 Å². The molecule has 3 rings (SSSR count). The van der Waals surface area contributed by atoms with Crippen LogP contribution >= 0.6 is 0 Å². The highest BCUT2D eigenvalue weighted by Crippen LogP contribution is 2.41. The third kappa shape index (κ3) is 5.51. The van der Waals surface area contributed by atoms with Gasteiger partial charge in [-0.3, -0.25) is 14.5 Å². The van der Waals surface area contributed by atoms with Gasteiger partial charge in [-0.2, -0.15) is 0 Å². The number of amides is 2. The molecule has 33 heavy (non-hydrogen) atoms. The first kappa shape index (κ1) is 25.1. The fraction of sp³-hybridized carbons (Fsp3) is 0.571. The Bertz CT molecular complexity index is 946. The van der Waals surface area contributed by atoms with Gasteiger partial charge in [-0.05, 0) is 43.0 Å². The smallest absolute Gasteiger partial charge is 0.261 e. The molecule has 5 heteroatoms. The molecule has 2 aromatic rings. The summed E-state index contributed by atoms with van der Waals surface area (Å²) in [5, 5.41) is 1.38. The van der Waals surface area contributed by atoms with E-state index in [1.165, 1.54) is 24.2 Å². The molecule has 0 radical (unpaired) electrons. The summed E-state index contributed by atoms with van der Waals surface area (Å²) in [4.78, 5) is 28.3.